The second-order valence-electron chi connectivity index (χ2n) is 4.12. The number of nitrogens with two attached hydrogens (primary N) is 1. The van der Waals surface area contributed by atoms with Crippen LogP contribution in [0, 0.1) is 6.92 Å². The Morgan fingerprint density at radius 3 is 2.84 bits per heavy atom. The lowest BCUT2D eigenvalue weighted by Gasteiger charge is -2.04. The second-order valence-corrected chi connectivity index (χ2v) is 5.83. The van der Waals surface area contributed by atoms with Crippen molar-refractivity contribution in [1.82, 2.24) is 14.3 Å². The van der Waals surface area contributed by atoms with Crippen LogP contribution in [0.15, 0.2) is 11.2 Å². The number of hydrogen-bond donors (Lipinski definition) is 2. The summed E-state index contributed by atoms with van der Waals surface area (Å²) in [5.74, 6) is 0.696. The molecule has 0 fully saturated rings. The Kier molecular flexibility index (Phi) is 6.43. The normalized spacial score (nSPS) is 11.9. The minimum absolute atomic E-state index is 0.0530. The quantitative estimate of drug-likeness (QED) is 0.616. The van der Waals surface area contributed by atoms with E-state index in [0.717, 1.165) is 13.0 Å². The number of nitrogens with zero attached hydrogens (tertiary/aromatic N) is 2. The first-order chi connectivity index (χ1) is 9.01. The first-order valence-electron chi connectivity index (χ1n) is 6.32. The number of nitrogens with one attached hydrogen (secondary N) is 1. The third kappa shape index (κ3) is 4.90. The predicted octanol–water partition coefficient (Wildman–Crippen LogP) is -0.145. The molecule has 0 saturated heterocycles. The summed E-state index contributed by atoms with van der Waals surface area (Å²) in [5, 5.41) is 0.0530. The highest BCUT2D eigenvalue weighted by Gasteiger charge is 2.18. The molecule has 110 valence electrons. The number of ether oxygens (including phenoxy) is 1. The van der Waals surface area contributed by atoms with Gasteiger partial charge in [-0.05, 0) is 13.3 Å². The summed E-state index contributed by atoms with van der Waals surface area (Å²) in [6.45, 7) is 5.93. The number of sulfonamides is 1. The summed E-state index contributed by atoms with van der Waals surface area (Å²) >= 11 is 0. The lowest BCUT2D eigenvalue weighted by Crippen LogP contribution is -2.28. The molecule has 0 saturated carbocycles. The zero-order chi connectivity index (χ0) is 14.3. The van der Waals surface area contributed by atoms with Gasteiger partial charge in [0.05, 0.1) is 13.2 Å². The van der Waals surface area contributed by atoms with Gasteiger partial charge in [-0.25, -0.2) is 18.1 Å². The molecule has 0 aliphatic carbocycles. The van der Waals surface area contributed by atoms with Gasteiger partial charge in [0, 0.05) is 25.8 Å². The topological polar surface area (TPSA) is 99.2 Å². The fourth-order valence-corrected chi connectivity index (χ4v) is 2.60. The van der Waals surface area contributed by atoms with Gasteiger partial charge < -0.3 is 15.0 Å². The summed E-state index contributed by atoms with van der Waals surface area (Å²) in [7, 11) is -3.56. The van der Waals surface area contributed by atoms with Crippen LogP contribution in [0.5, 0.6) is 0 Å². The summed E-state index contributed by atoms with van der Waals surface area (Å²) < 4.78 is 33.3. The Labute approximate surface area is 114 Å². The molecule has 0 bridgehead atoms. The summed E-state index contributed by atoms with van der Waals surface area (Å²) in [6.07, 6.45) is 2.49. The van der Waals surface area contributed by atoms with Crippen LogP contribution in [0.25, 0.3) is 0 Å². The minimum Gasteiger partial charge on any atom is -0.379 e. The van der Waals surface area contributed by atoms with Crippen molar-refractivity contribution in [3.63, 3.8) is 0 Å². The van der Waals surface area contributed by atoms with Crippen LogP contribution in [-0.2, 0) is 21.3 Å². The lowest BCUT2D eigenvalue weighted by molar-refractivity contribution is 0.147. The standard InChI is InChI=1S/C11H22N4O3S/c1-3-6-15-9-11(14-10(15)2)19(16,17)13-5-8-18-7-4-12/h9,13H,3-8,12H2,1-2H3. The first-order valence-corrected chi connectivity index (χ1v) is 7.80. The average molecular weight is 290 g/mol. The molecule has 0 aromatic carbocycles. The molecule has 0 atom stereocenters. The van der Waals surface area contributed by atoms with Gasteiger partial charge in [0.2, 0.25) is 0 Å². The third-order valence-electron chi connectivity index (χ3n) is 2.49. The minimum atomic E-state index is -3.56. The average Bonchev–Trinajstić information content (AvgIpc) is 2.72. The van der Waals surface area contributed by atoms with Crippen molar-refractivity contribution in [2.45, 2.75) is 31.8 Å². The Hall–Kier alpha value is -0.960. The Bertz CT molecular complexity index is 484. The van der Waals surface area contributed by atoms with Gasteiger partial charge in [0.25, 0.3) is 10.0 Å². The first kappa shape index (κ1) is 16.1. The largest absolute Gasteiger partial charge is 0.379 e. The molecule has 1 rings (SSSR count). The smallest absolute Gasteiger partial charge is 0.259 e. The zero-order valence-electron chi connectivity index (χ0n) is 11.4. The number of rotatable bonds is 9. The third-order valence-corrected chi connectivity index (χ3v) is 3.83. The van der Waals surface area contributed by atoms with E-state index < -0.39 is 10.0 Å². The van der Waals surface area contributed by atoms with Crippen LogP contribution in [0.4, 0.5) is 0 Å². The van der Waals surface area contributed by atoms with Gasteiger partial charge in [-0.1, -0.05) is 6.92 Å². The molecule has 1 aromatic rings. The number of hydrogen-bond acceptors (Lipinski definition) is 5. The van der Waals surface area contributed by atoms with Crippen molar-refractivity contribution < 1.29 is 13.2 Å². The maximum Gasteiger partial charge on any atom is 0.259 e. The van der Waals surface area contributed by atoms with E-state index in [0.29, 0.717) is 25.6 Å². The van der Waals surface area contributed by atoms with E-state index >= 15 is 0 Å². The van der Waals surface area contributed by atoms with Crippen LogP contribution in [0.3, 0.4) is 0 Å². The molecule has 0 amide bonds. The molecule has 0 aliphatic heterocycles. The highest BCUT2D eigenvalue weighted by molar-refractivity contribution is 7.89. The van der Waals surface area contributed by atoms with Gasteiger partial charge in [-0.15, -0.1) is 0 Å². The number of aryl methyl sites for hydroxylation is 2. The molecule has 19 heavy (non-hydrogen) atoms. The van der Waals surface area contributed by atoms with Gasteiger partial charge in [0.1, 0.15) is 5.82 Å². The monoisotopic (exact) mass is 290 g/mol. The van der Waals surface area contributed by atoms with Crippen LogP contribution in [0.1, 0.15) is 19.2 Å². The fraction of sp³-hybridized carbons (Fsp3) is 0.727. The predicted molar refractivity (Wildman–Crippen MR) is 72.3 cm³/mol. The number of aromatic nitrogens is 2. The number of imidazole rings is 1. The van der Waals surface area contributed by atoms with Crippen molar-refractivity contribution in [3.05, 3.63) is 12.0 Å². The highest BCUT2D eigenvalue weighted by atomic mass is 32.2. The maximum absolute atomic E-state index is 12.0. The van der Waals surface area contributed by atoms with E-state index in [1.54, 1.807) is 13.1 Å². The summed E-state index contributed by atoms with van der Waals surface area (Å²) in [6, 6.07) is 0. The van der Waals surface area contributed by atoms with Crippen molar-refractivity contribution in [1.29, 1.82) is 0 Å². The lowest BCUT2D eigenvalue weighted by atomic mass is 10.5. The van der Waals surface area contributed by atoms with Crippen molar-refractivity contribution in [2.24, 2.45) is 5.73 Å². The molecule has 3 N–H and O–H groups in total. The van der Waals surface area contributed by atoms with E-state index in [2.05, 4.69) is 9.71 Å². The van der Waals surface area contributed by atoms with Crippen LogP contribution in [-0.4, -0.2) is 44.3 Å². The van der Waals surface area contributed by atoms with Crippen molar-refractivity contribution in [2.75, 3.05) is 26.3 Å². The second kappa shape index (κ2) is 7.59. The molecule has 0 spiro atoms. The van der Waals surface area contributed by atoms with E-state index in [1.807, 2.05) is 11.5 Å². The summed E-state index contributed by atoms with van der Waals surface area (Å²) in [5.41, 5.74) is 5.26. The van der Waals surface area contributed by atoms with E-state index in [1.165, 1.54) is 0 Å². The van der Waals surface area contributed by atoms with E-state index in [9.17, 15) is 8.42 Å². The van der Waals surface area contributed by atoms with Crippen molar-refractivity contribution >= 4 is 10.0 Å². The van der Waals surface area contributed by atoms with Gasteiger partial charge in [-0.3, -0.25) is 0 Å². The molecular formula is C11H22N4O3S. The molecule has 7 nitrogen and oxygen atoms in total. The molecule has 0 unspecified atom stereocenters. The Morgan fingerprint density at radius 1 is 1.47 bits per heavy atom. The maximum atomic E-state index is 12.0. The molecule has 8 heteroatoms. The fourth-order valence-electron chi connectivity index (χ4n) is 1.58. The SMILES string of the molecule is CCCn1cc(S(=O)(=O)NCCOCCN)nc1C. The van der Waals surface area contributed by atoms with E-state index in [4.69, 9.17) is 10.5 Å². The highest BCUT2D eigenvalue weighted by Crippen LogP contribution is 2.09. The van der Waals surface area contributed by atoms with E-state index in [-0.39, 0.29) is 11.6 Å². The summed E-state index contributed by atoms with van der Waals surface area (Å²) in [4.78, 5) is 4.07. The van der Waals surface area contributed by atoms with Gasteiger partial charge in [0.15, 0.2) is 5.03 Å². The van der Waals surface area contributed by atoms with Crippen molar-refractivity contribution in [3.8, 4) is 0 Å². The molecule has 1 aromatic heterocycles. The molecular weight excluding hydrogens is 268 g/mol. The van der Waals surface area contributed by atoms with Crippen LogP contribution >= 0.6 is 0 Å². The van der Waals surface area contributed by atoms with Gasteiger partial charge >= 0.3 is 0 Å². The van der Waals surface area contributed by atoms with Gasteiger partial charge in [-0.2, -0.15) is 0 Å². The Morgan fingerprint density at radius 2 is 2.21 bits per heavy atom. The molecule has 0 radical (unpaired) electrons. The Balaban J connectivity index is 2.59. The van der Waals surface area contributed by atoms with Crippen LogP contribution in [0.2, 0.25) is 0 Å². The zero-order valence-corrected chi connectivity index (χ0v) is 12.2. The van der Waals surface area contributed by atoms with Crippen LogP contribution < -0.4 is 10.5 Å². The molecule has 1 heterocycles. The molecule has 0 aliphatic rings.